The molecule has 2 unspecified atom stereocenters. The smallest absolute Gasteiger partial charge is 0.324 e. The van der Waals surface area contributed by atoms with Gasteiger partial charge >= 0.3 is 6.03 Å². The highest BCUT2D eigenvalue weighted by Crippen LogP contribution is 2.29. The van der Waals surface area contributed by atoms with Crippen LogP contribution in [-0.4, -0.2) is 79.5 Å². The molecule has 2 aliphatic heterocycles. The number of carbonyl (C=O) groups excluding carboxylic acids is 3. The zero-order valence-corrected chi connectivity index (χ0v) is 18.4. The van der Waals surface area contributed by atoms with Crippen molar-refractivity contribution in [1.82, 2.24) is 20.4 Å². The maximum atomic E-state index is 13.9. The van der Waals surface area contributed by atoms with E-state index in [9.17, 15) is 18.8 Å². The van der Waals surface area contributed by atoms with Gasteiger partial charge < -0.3 is 15.5 Å². The Balaban J connectivity index is 1.14. The Morgan fingerprint density at radius 1 is 1.09 bits per heavy atom. The van der Waals surface area contributed by atoms with Crippen LogP contribution in [0.5, 0.6) is 0 Å². The Labute approximate surface area is 188 Å². The first-order valence-electron chi connectivity index (χ1n) is 11.6. The largest absolute Gasteiger partial charge is 0.367 e. The fraction of sp³-hybridized carbons (Fsp3) is 0.609. The Morgan fingerprint density at radius 3 is 2.62 bits per heavy atom. The molecule has 8 nitrogen and oxygen atoms in total. The molecule has 1 aromatic carbocycles. The summed E-state index contributed by atoms with van der Waals surface area (Å²) in [6, 6.07) is 6.30. The molecule has 3 aliphatic rings. The number of hydrogen-bond acceptors (Lipinski definition) is 5. The molecule has 0 radical (unpaired) electrons. The first kappa shape index (κ1) is 22.5. The van der Waals surface area contributed by atoms with E-state index >= 15 is 0 Å². The third-order valence-electron chi connectivity index (χ3n) is 6.74. The van der Waals surface area contributed by atoms with E-state index in [1.54, 1.807) is 6.07 Å². The highest BCUT2D eigenvalue weighted by atomic mass is 19.1. The van der Waals surface area contributed by atoms with Crippen LogP contribution in [0.4, 0.5) is 14.9 Å². The number of benzene rings is 1. The summed E-state index contributed by atoms with van der Waals surface area (Å²) in [7, 11) is 0. The van der Waals surface area contributed by atoms with Gasteiger partial charge in [-0.1, -0.05) is 25.0 Å². The minimum atomic E-state index is -0.457. The molecule has 2 N–H and O–H groups in total. The van der Waals surface area contributed by atoms with Gasteiger partial charge in [-0.25, -0.2) is 9.18 Å². The lowest BCUT2D eigenvalue weighted by Gasteiger charge is -2.39. The number of nitrogens with one attached hydrogen (secondary N) is 2. The van der Waals surface area contributed by atoms with Crippen molar-refractivity contribution >= 4 is 23.5 Å². The van der Waals surface area contributed by atoms with Gasteiger partial charge in [0.25, 0.3) is 0 Å². The average molecular weight is 446 g/mol. The highest BCUT2D eigenvalue weighted by Gasteiger charge is 2.42. The fourth-order valence-corrected chi connectivity index (χ4v) is 4.94. The van der Waals surface area contributed by atoms with Crippen LogP contribution in [0.15, 0.2) is 24.3 Å². The van der Waals surface area contributed by atoms with Crippen molar-refractivity contribution in [3.05, 3.63) is 30.1 Å². The minimum Gasteiger partial charge on any atom is -0.367 e. The van der Waals surface area contributed by atoms with Crippen molar-refractivity contribution in [3.8, 4) is 0 Å². The van der Waals surface area contributed by atoms with Crippen molar-refractivity contribution in [2.75, 3.05) is 50.7 Å². The molecule has 4 rings (SSSR count). The lowest BCUT2D eigenvalue weighted by Crippen LogP contribution is -2.62. The number of fused-ring (bicyclic) bond motifs is 1. The summed E-state index contributed by atoms with van der Waals surface area (Å²) < 4.78 is 13.9. The zero-order valence-electron chi connectivity index (χ0n) is 18.4. The van der Waals surface area contributed by atoms with E-state index in [2.05, 4.69) is 20.4 Å². The molecule has 2 saturated heterocycles. The molecule has 4 amide bonds. The molecule has 0 aromatic heterocycles. The molecule has 1 aromatic rings. The van der Waals surface area contributed by atoms with E-state index in [0.29, 0.717) is 12.2 Å². The maximum absolute atomic E-state index is 13.9. The Hall–Kier alpha value is -2.68. The zero-order chi connectivity index (χ0) is 22.5. The Morgan fingerprint density at radius 2 is 1.84 bits per heavy atom. The van der Waals surface area contributed by atoms with E-state index in [1.165, 1.54) is 6.07 Å². The number of hydrogen-bond donors (Lipinski definition) is 2. The molecule has 0 bridgehead atoms. The predicted molar refractivity (Wildman–Crippen MR) is 119 cm³/mol. The van der Waals surface area contributed by atoms with E-state index in [1.807, 2.05) is 12.1 Å². The number of imide groups is 1. The number of halogens is 1. The quantitative estimate of drug-likeness (QED) is 0.623. The van der Waals surface area contributed by atoms with Gasteiger partial charge in [-0.3, -0.25) is 19.4 Å². The topological polar surface area (TPSA) is 85.0 Å². The Kier molecular flexibility index (Phi) is 7.24. The fourth-order valence-electron chi connectivity index (χ4n) is 4.94. The van der Waals surface area contributed by atoms with Gasteiger partial charge in [0.2, 0.25) is 11.8 Å². The molecule has 2 atom stereocenters. The SMILES string of the molecule is O=C(CN1C(=O)NC2CCCCC2C1=O)NCCCN1CCN(c2ccccc2F)CC1. The van der Waals surface area contributed by atoms with E-state index in [4.69, 9.17) is 0 Å². The second-order valence-corrected chi connectivity index (χ2v) is 8.85. The van der Waals surface area contributed by atoms with Crippen LogP contribution in [0, 0.1) is 11.7 Å². The van der Waals surface area contributed by atoms with Crippen molar-refractivity contribution in [3.63, 3.8) is 0 Å². The van der Waals surface area contributed by atoms with Gasteiger partial charge in [0.05, 0.1) is 11.6 Å². The summed E-state index contributed by atoms with van der Waals surface area (Å²) in [6.07, 6.45) is 4.38. The van der Waals surface area contributed by atoms with Crippen LogP contribution in [0.3, 0.4) is 0 Å². The summed E-state index contributed by atoms with van der Waals surface area (Å²) in [4.78, 5) is 42.6. The van der Waals surface area contributed by atoms with Gasteiger partial charge in [-0.05, 0) is 37.9 Å². The monoisotopic (exact) mass is 445 g/mol. The summed E-state index contributed by atoms with van der Waals surface area (Å²) in [6.45, 7) is 4.30. The number of para-hydroxylation sites is 1. The Bertz CT molecular complexity index is 843. The van der Waals surface area contributed by atoms with Gasteiger partial charge in [-0.2, -0.15) is 0 Å². The molecule has 3 fully saturated rings. The van der Waals surface area contributed by atoms with E-state index in [0.717, 1.165) is 69.7 Å². The first-order chi connectivity index (χ1) is 15.5. The molecule has 32 heavy (non-hydrogen) atoms. The van der Waals surface area contributed by atoms with Crippen molar-refractivity contribution in [1.29, 1.82) is 0 Å². The lowest BCUT2D eigenvalue weighted by atomic mass is 9.82. The number of anilines is 1. The molecular formula is C23H32FN5O3. The van der Waals surface area contributed by atoms with Crippen LogP contribution in [0.1, 0.15) is 32.1 Å². The van der Waals surface area contributed by atoms with Gasteiger partial charge in [0.15, 0.2) is 0 Å². The minimum absolute atomic E-state index is 0.0816. The average Bonchev–Trinajstić information content (AvgIpc) is 2.80. The molecule has 9 heteroatoms. The number of piperazine rings is 1. The standard InChI is InChI=1S/C23H32FN5O3/c24-18-7-2-4-9-20(18)28-14-12-27(13-15-28)11-5-10-25-21(30)16-29-22(31)17-6-1-3-8-19(17)26-23(29)32/h2,4,7,9,17,19H,1,3,5-6,8,10-16H2,(H,25,30)(H,26,32). The van der Waals surface area contributed by atoms with Gasteiger partial charge in [0.1, 0.15) is 12.4 Å². The van der Waals surface area contributed by atoms with Crippen LogP contribution < -0.4 is 15.5 Å². The van der Waals surface area contributed by atoms with Crippen LogP contribution >= 0.6 is 0 Å². The summed E-state index contributed by atoms with van der Waals surface area (Å²) >= 11 is 0. The second kappa shape index (κ2) is 10.3. The van der Waals surface area contributed by atoms with Gasteiger partial charge in [-0.15, -0.1) is 0 Å². The summed E-state index contributed by atoms with van der Waals surface area (Å²) in [5.74, 6) is -0.922. The lowest BCUT2D eigenvalue weighted by molar-refractivity contribution is -0.139. The maximum Gasteiger partial charge on any atom is 0.324 e. The van der Waals surface area contributed by atoms with Gasteiger partial charge in [0, 0.05) is 38.8 Å². The normalized spacial score (nSPS) is 24.2. The number of nitrogens with zero attached hydrogens (tertiary/aromatic N) is 3. The highest BCUT2D eigenvalue weighted by molar-refractivity contribution is 6.01. The molecule has 0 spiro atoms. The summed E-state index contributed by atoms with van der Waals surface area (Å²) in [5, 5.41) is 5.71. The van der Waals surface area contributed by atoms with E-state index < -0.39 is 6.03 Å². The van der Waals surface area contributed by atoms with Crippen LogP contribution in [0.2, 0.25) is 0 Å². The third kappa shape index (κ3) is 5.20. The molecule has 1 saturated carbocycles. The molecule has 2 heterocycles. The van der Waals surface area contributed by atoms with Crippen LogP contribution in [-0.2, 0) is 9.59 Å². The van der Waals surface area contributed by atoms with Crippen molar-refractivity contribution in [2.24, 2.45) is 5.92 Å². The molecular weight excluding hydrogens is 413 g/mol. The van der Waals surface area contributed by atoms with E-state index in [-0.39, 0.29) is 36.1 Å². The van der Waals surface area contributed by atoms with Crippen LogP contribution in [0.25, 0.3) is 0 Å². The number of rotatable bonds is 7. The molecule has 174 valence electrons. The van der Waals surface area contributed by atoms with Crippen molar-refractivity contribution < 1.29 is 18.8 Å². The number of urea groups is 1. The summed E-state index contributed by atoms with van der Waals surface area (Å²) in [5.41, 5.74) is 0.648. The molecule has 1 aliphatic carbocycles. The third-order valence-corrected chi connectivity index (χ3v) is 6.74. The van der Waals surface area contributed by atoms with Crippen molar-refractivity contribution in [2.45, 2.75) is 38.1 Å². The number of carbonyl (C=O) groups is 3. The number of amides is 4. The second-order valence-electron chi connectivity index (χ2n) is 8.85. The first-order valence-corrected chi connectivity index (χ1v) is 11.6. The predicted octanol–water partition coefficient (Wildman–Crippen LogP) is 1.56.